The minimum atomic E-state index is -0.351. The molecule has 0 saturated carbocycles. The minimum absolute atomic E-state index is 0.351. The maximum Gasteiger partial charge on any atom is 0.170 e. The summed E-state index contributed by atoms with van der Waals surface area (Å²) in [6, 6.07) is 0. The van der Waals surface area contributed by atoms with Crippen molar-refractivity contribution < 1.29 is 5.11 Å². The van der Waals surface area contributed by atoms with Crippen LogP contribution in [-0.4, -0.2) is 36.5 Å². The molecule has 3 rings (SSSR count). The van der Waals surface area contributed by atoms with Gasteiger partial charge in [-0.3, -0.25) is 0 Å². The molecule has 78 valence electrons. The van der Waals surface area contributed by atoms with Crippen LogP contribution >= 0.6 is 11.8 Å². The van der Waals surface area contributed by atoms with Gasteiger partial charge in [0.1, 0.15) is 6.33 Å². The van der Waals surface area contributed by atoms with Crippen LogP contribution in [0.2, 0.25) is 0 Å². The maximum absolute atomic E-state index is 9.56. The average Bonchev–Trinajstić information content (AvgIpc) is 2.58. The number of nitrogens with two attached hydrogens (primary N) is 1. The third kappa shape index (κ3) is 1.27. The molecule has 2 aromatic rings. The number of fused-ring (bicyclic) bond motifs is 3. The topological polar surface area (TPSA) is 89.9 Å². The van der Waals surface area contributed by atoms with E-state index in [-0.39, 0.29) is 6.10 Å². The zero-order chi connectivity index (χ0) is 10.4. The van der Waals surface area contributed by atoms with Gasteiger partial charge in [0.05, 0.1) is 12.6 Å². The van der Waals surface area contributed by atoms with Crippen LogP contribution in [0.1, 0.15) is 0 Å². The fourth-order valence-electron chi connectivity index (χ4n) is 1.64. The normalized spacial score (nSPS) is 20.5. The first-order chi connectivity index (χ1) is 7.25. The highest BCUT2D eigenvalue weighted by atomic mass is 32.2. The first kappa shape index (κ1) is 8.93. The second-order valence-electron chi connectivity index (χ2n) is 3.40. The third-order valence-electron chi connectivity index (χ3n) is 2.32. The molecule has 0 saturated heterocycles. The van der Waals surface area contributed by atoms with Crippen LogP contribution < -0.4 is 5.73 Å². The van der Waals surface area contributed by atoms with Crippen LogP contribution in [-0.2, 0) is 6.54 Å². The highest BCUT2D eigenvalue weighted by molar-refractivity contribution is 7.99. The summed E-state index contributed by atoms with van der Waals surface area (Å²) in [5.41, 5.74) is 7.02. The molecule has 15 heavy (non-hydrogen) atoms. The Labute approximate surface area is 89.5 Å². The Bertz CT molecular complexity index is 525. The van der Waals surface area contributed by atoms with Gasteiger partial charge in [0.15, 0.2) is 22.1 Å². The van der Waals surface area contributed by atoms with Gasteiger partial charge in [-0.2, -0.15) is 0 Å². The van der Waals surface area contributed by atoms with Gasteiger partial charge in [-0.25, -0.2) is 15.0 Å². The van der Waals surface area contributed by atoms with E-state index in [0.29, 0.717) is 29.3 Å². The molecule has 7 heteroatoms. The molecule has 0 radical (unpaired) electrons. The molecule has 0 spiro atoms. The van der Waals surface area contributed by atoms with E-state index in [1.165, 1.54) is 18.1 Å². The molecule has 0 amide bonds. The second kappa shape index (κ2) is 3.07. The molecule has 0 bridgehead atoms. The van der Waals surface area contributed by atoms with E-state index in [2.05, 4.69) is 15.0 Å². The predicted molar refractivity (Wildman–Crippen MR) is 56.5 cm³/mol. The molecule has 6 nitrogen and oxygen atoms in total. The molecule has 0 aromatic carbocycles. The summed E-state index contributed by atoms with van der Waals surface area (Å²) in [5.74, 6) is 1.05. The number of anilines is 1. The number of imidazole rings is 1. The summed E-state index contributed by atoms with van der Waals surface area (Å²) in [5, 5.41) is 10.4. The van der Waals surface area contributed by atoms with Crippen LogP contribution in [0.15, 0.2) is 11.5 Å². The summed E-state index contributed by atoms with van der Waals surface area (Å²) < 4.78 is 1.88. The molecule has 0 fully saturated rings. The van der Waals surface area contributed by atoms with E-state index < -0.39 is 0 Å². The van der Waals surface area contributed by atoms with Gasteiger partial charge >= 0.3 is 0 Å². The van der Waals surface area contributed by atoms with Crippen LogP contribution in [0.3, 0.4) is 0 Å². The molecule has 0 aliphatic carbocycles. The van der Waals surface area contributed by atoms with Gasteiger partial charge in [-0.15, -0.1) is 0 Å². The van der Waals surface area contributed by atoms with Crippen molar-refractivity contribution in [2.75, 3.05) is 11.5 Å². The van der Waals surface area contributed by atoms with Crippen molar-refractivity contribution in [2.45, 2.75) is 17.8 Å². The predicted octanol–water partition coefficient (Wildman–Crippen LogP) is -0.125. The molecule has 1 aliphatic rings. The van der Waals surface area contributed by atoms with E-state index in [4.69, 9.17) is 5.73 Å². The number of rotatable bonds is 0. The Morgan fingerprint density at radius 1 is 1.53 bits per heavy atom. The first-order valence-corrected chi connectivity index (χ1v) is 5.52. The van der Waals surface area contributed by atoms with E-state index in [1.54, 1.807) is 0 Å². The van der Waals surface area contributed by atoms with Crippen molar-refractivity contribution in [3.8, 4) is 0 Å². The maximum atomic E-state index is 9.56. The highest BCUT2D eigenvalue weighted by Gasteiger charge is 2.22. The number of hydrogen-bond donors (Lipinski definition) is 2. The van der Waals surface area contributed by atoms with E-state index in [9.17, 15) is 5.11 Å². The smallest absolute Gasteiger partial charge is 0.170 e. The number of hydrogen-bond acceptors (Lipinski definition) is 6. The van der Waals surface area contributed by atoms with Crippen molar-refractivity contribution in [1.82, 2.24) is 19.5 Å². The number of aliphatic hydroxyl groups is 1. The molecule has 2 aromatic heterocycles. The summed E-state index contributed by atoms with van der Waals surface area (Å²) in [4.78, 5) is 12.4. The lowest BCUT2D eigenvalue weighted by atomic mass is 10.4. The Balaban J connectivity index is 2.29. The minimum Gasteiger partial charge on any atom is -0.390 e. The molecule has 1 aliphatic heterocycles. The quantitative estimate of drug-likeness (QED) is 0.647. The summed E-state index contributed by atoms with van der Waals surface area (Å²) in [6.45, 7) is 0.523. The van der Waals surface area contributed by atoms with E-state index >= 15 is 0 Å². The van der Waals surface area contributed by atoms with Crippen molar-refractivity contribution in [1.29, 1.82) is 0 Å². The largest absolute Gasteiger partial charge is 0.390 e. The number of aliphatic hydroxyl groups excluding tert-OH is 1. The number of aromatic nitrogens is 4. The monoisotopic (exact) mass is 223 g/mol. The SMILES string of the molecule is Nc1ncnc2c1nc1n2CC(O)CS1. The van der Waals surface area contributed by atoms with Crippen molar-refractivity contribution >= 4 is 28.7 Å². The number of nitrogens with zero attached hydrogens (tertiary/aromatic N) is 4. The van der Waals surface area contributed by atoms with Gasteiger partial charge in [0.2, 0.25) is 0 Å². The number of nitrogen functional groups attached to an aromatic ring is 1. The van der Waals surface area contributed by atoms with E-state index in [1.807, 2.05) is 4.57 Å². The molecular weight excluding hydrogens is 214 g/mol. The Morgan fingerprint density at radius 2 is 2.40 bits per heavy atom. The van der Waals surface area contributed by atoms with Gasteiger partial charge in [0, 0.05) is 5.75 Å². The van der Waals surface area contributed by atoms with Crippen LogP contribution in [0, 0.1) is 0 Å². The Kier molecular flexibility index (Phi) is 1.83. The molecule has 1 unspecified atom stereocenters. The molecule has 3 N–H and O–H groups in total. The Hall–Kier alpha value is -1.34. The highest BCUT2D eigenvalue weighted by Crippen LogP contribution is 2.29. The summed E-state index contributed by atoms with van der Waals surface area (Å²) in [7, 11) is 0. The first-order valence-electron chi connectivity index (χ1n) is 4.53. The van der Waals surface area contributed by atoms with Gasteiger partial charge in [-0.05, 0) is 0 Å². The standard InChI is InChI=1S/C8H9N5OS/c9-6-5-7(11-3-10-6)13-1-4(14)2-15-8(13)12-5/h3-4,14H,1-2H2,(H2,9,10,11). The molecule has 1 atom stereocenters. The summed E-state index contributed by atoms with van der Waals surface area (Å²) in [6.07, 6.45) is 1.06. The molecular formula is C8H9N5OS. The second-order valence-corrected chi connectivity index (χ2v) is 4.39. The zero-order valence-corrected chi connectivity index (χ0v) is 8.61. The van der Waals surface area contributed by atoms with Gasteiger partial charge in [-0.1, -0.05) is 11.8 Å². The van der Waals surface area contributed by atoms with Crippen LogP contribution in [0.25, 0.3) is 11.2 Å². The lowest BCUT2D eigenvalue weighted by Gasteiger charge is -2.18. The number of thioether (sulfide) groups is 1. The van der Waals surface area contributed by atoms with E-state index in [0.717, 1.165) is 5.16 Å². The fourth-order valence-corrected chi connectivity index (χ4v) is 2.56. The summed E-state index contributed by atoms with van der Waals surface area (Å²) >= 11 is 1.51. The van der Waals surface area contributed by atoms with Crippen molar-refractivity contribution in [2.24, 2.45) is 0 Å². The molecule has 3 heterocycles. The van der Waals surface area contributed by atoms with Crippen LogP contribution in [0.5, 0.6) is 0 Å². The van der Waals surface area contributed by atoms with Crippen LogP contribution in [0.4, 0.5) is 5.82 Å². The Morgan fingerprint density at radius 3 is 3.27 bits per heavy atom. The van der Waals surface area contributed by atoms with Crippen molar-refractivity contribution in [3.63, 3.8) is 0 Å². The lowest BCUT2D eigenvalue weighted by molar-refractivity contribution is 0.171. The fraction of sp³-hybridized carbons (Fsp3) is 0.375. The third-order valence-corrected chi connectivity index (χ3v) is 3.44. The lowest BCUT2D eigenvalue weighted by Crippen LogP contribution is -2.23. The van der Waals surface area contributed by atoms with Gasteiger partial charge in [0.25, 0.3) is 0 Å². The zero-order valence-electron chi connectivity index (χ0n) is 7.79. The average molecular weight is 223 g/mol. The van der Waals surface area contributed by atoms with Gasteiger partial charge < -0.3 is 15.4 Å². The van der Waals surface area contributed by atoms with Crippen molar-refractivity contribution in [3.05, 3.63) is 6.33 Å².